The highest BCUT2D eigenvalue weighted by Crippen LogP contribution is 2.67. The van der Waals surface area contributed by atoms with Crippen LogP contribution in [0.25, 0.3) is 0 Å². The van der Waals surface area contributed by atoms with Gasteiger partial charge in [-0.2, -0.15) is 0 Å². The van der Waals surface area contributed by atoms with Crippen molar-refractivity contribution in [3.05, 3.63) is 23.8 Å². The Hall–Kier alpha value is -1.58. The summed E-state index contributed by atoms with van der Waals surface area (Å²) in [4.78, 5) is 24.0. The topological polar surface area (TPSA) is 52.6 Å². The van der Waals surface area contributed by atoms with E-state index < -0.39 is 5.97 Å². The summed E-state index contributed by atoms with van der Waals surface area (Å²) in [5.41, 5.74) is 2.73. The lowest BCUT2D eigenvalue weighted by Gasteiger charge is -2.58. The van der Waals surface area contributed by atoms with Gasteiger partial charge in [0.15, 0.2) is 0 Å². The van der Waals surface area contributed by atoms with E-state index >= 15 is 0 Å². The predicted molar refractivity (Wildman–Crippen MR) is 158 cm³/mol. The minimum Gasteiger partial charge on any atom is -0.462 e. The summed E-state index contributed by atoms with van der Waals surface area (Å²) in [6.07, 6.45) is 17.4. The van der Waals surface area contributed by atoms with Gasteiger partial charge in [0.25, 0.3) is 0 Å². The molecule has 4 heteroatoms. The molecular formula is C35H56O4. The Balaban J connectivity index is 1.32. The molecule has 0 aliphatic heterocycles. The third-order valence-electron chi connectivity index (χ3n) is 11.7. The van der Waals surface area contributed by atoms with E-state index in [0.717, 1.165) is 54.8 Å². The summed E-state index contributed by atoms with van der Waals surface area (Å²) >= 11 is 0. The van der Waals surface area contributed by atoms with Gasteiger partial charge in [-0.1, -0.05) is 72.1 Å². The average molecular weight is 541 g/mol. The Kier molecular flexibility index (Phi) is 9.75. The van der Waals surface area contributed by atoms with Gasteiger partial charge in [-0.3, -0.25) is 4.79 Å². The van der Waals surface area contributed by atoms with E-state index in [1.165, 1.54) is 51.4 Å². The van der Waals surface area contributed by atoms with Crippen LogP contribution in [0.15, 0.2) is 23.8 Å². The molecule has 0 spiro atoms. The zero-order chi connectivity index (χ0) is 28.4. The number of rotatable bonds is 11. The van der Waals surface area contributed by atoms with E-state index in [0.29, 0.717) is 17.4 Å². The summed E-state index contributed by atoms with van der Waals surface area (Å²) in [5.74, 6) is 4.48. The molecule has 0 aromatic heterocycles. The predicted octanol–water partition coefficient (Wildman–Crippen LogP) is 8.84. The lowest BCUT2D eigenvalue weighted by Crippen LogP contribution is -2.51. The summed E-state index contributed by atoms with van der Waals surface area (Å²) in [6, 6.07) is 0. The highest BCUT2D eigenvalue weighted by atomic mass is 16.5. The number of carbonyl (C=O) groups excluding carboxylic acids is 2. The van der Waals surface area contributed by atoms with Crippen LogP contribution >= 0.6 is 0 Å². The number of allylic oxidation sites excluding steroid dienone is 1. The van der Waals surface area contributed by atoms with Crippen molar-refractivity contribution in [2.45, 2.75) is 131 Å². The van der Waals surface area contributed by atoms with Crippen LogP contribution in [0.2, 0.25) is 0 Å². The second-order valence-electron chi connectivity index (χ2n) is 14.7. The van der Waals surface area contributed by atoms with Gasteiger partial charge in [-0.15, -0.1) is 0 Å². The summed E-state index contributed by atoms with van der Waals surface area (Å²) in [7, 11) is 0. The number of carbonyl (C=O) groups is 2. The molecule has 8 atom stereocenters. The van der Waals surface area contributed by atoms with Gasteiger partial charge >= 0.3 is 11.9 Å². The Morgan fingerprint density at radius 1 is 1.03 bits per heavy atom. The van der Waals surface area contributed by atoms with E-state index in [4.69, 9.17) is 9.47 Å². The molecule has 0 amide bonds. The van der Waals surface area contributed by atoms with Crippen LogP contribution in [0.5, 0.6) is 0 Å². The maximum absolute atomic E-state index is 12.5. The molecule has 0 bridgehead atoms. The fourth-order valence-corrected chi connectivity index (χ4v) is 9.50. The Bertz CT molecular complexity index is 933. The van der Waals surface area contributed by atoms with Gasteiger partial charge in [-0.05, 0) is 105 Å². The lowest BCUT2D eigenvalue weighted by atomic mass is 9.47. The second-order valence-corrected chi connectivity index (χ2v) is 14.7. The SMILES string of the molecule is C=C(C)C(=O)OCCCC(=O)OC1CC[C@@]2(C)C(=CC[C@H]3[C@@H]4CC[C@H]([C@H](C)CCCC(C)C)[C@@]4(C)CC[C@@H]32)C1. The van der Waals surface area contributed by atoms with Crippen molar-refractivity contribution in [1.82, 2.24) is 0 Å². The van der Waals surface area contributed by atoms with Crippen molar-refractivity contribution < 1.29 is 19.1 Å². The van der Waals surface area contributed by atoms with Crippen LogP contribution in [0.1, 0.15) is 125 Å². The second kappa shape index (κ2) is 12.5. The first-order valence-corrected chi connectivity index (χ1v) is 16.2. The van der Waals surface area contributed by atoms with Gasteiger partial charge in [0.2, 0.25) is 0 Å². The Labute approximate surface area is 238 Å². The maximum Gasteiger partial charge on any atom is 0.333 e. The van der Waals surface area contributed by atoms with Crippen LogP contribution < -0.4 is 0 Å². The van der Waals surface area contributed by atoms with E-state index in [1.54, 1.807) is 12.5 Å². The van der Waals surface area contributed by atoms with Crippen molar-refractivity contribution >= 4 is 11.9 Å². The van der Waals surface area contributed by atoms with Crippen LogP contribution in [0.3, 0.4) is 0 Å². The molecule has 0 heterocycles. The number of esters is 2. The number of ether oxygens (including phenoxy) is 2. The summed E-state index contributed by atoms with van der Waals surface area (Å²) < 4.78 is 11.0. The zero-order valence-electron chi connectivity index (χ0n) is 25.9. The molecule has 3 fully saturated rings. The lowest BCUT2D eigenvalue weighted by molar-refractivity contribution is -0.152. The minimum atomic E-state index is -0.398. The first-order valence-electron chi connectivity index (χ1n) is 16.2. The molecule has 0 N–H and O–H groups in total. The molecule has 0 aromatic carbocycles. The van der Waals surface area contributed by atoms with E-state index in [2.05, 4.69) is 47.3 Å². The van der Waals surface area contributed by atoms with Crippen molar-refractivity contribution in [1.29, 1.82) is 0 Å². The largest absolute Gasteiger partial charge is 0.462 e. The van der Waals surface area contributed by atoms with E-state index in [-0.39, 0.29) is 30.5 Å². The molecule has 4 rings (SSSR count). The molecule has 4 aliphatic carbocycles. The van der Waals surface area contributed by atoms with Gasteiger partial charge in [0, 0.05) is 18.4 Å². The van der Waals surface area contributed by atoms with Crippen molar-refractivity contribution in [3.63, 3.8) is 0 Å². The van der Waals surface area contributed by atoms with Crippen molar-refractivity contribution in [3.8, 4) is 0 Å². The van der Waals surface area contributed by atoms with Crippen molar-refractivity contribution in [2.24, 2.45) is 46.3 Å². The molecule has 4 nitrogen and oxygen atoms in total. The normalized spacial score (nSPS) is 36.3. The summed E-state index contributed by atoms with van der Waals surface area (Å²) in [6.45, 7) is 17.9. The maximum atomic E-state index is 12.5. The van der Waals surface area contributed by atoms with Gasteiger partial charge in [0.1, 0.15) is 6.10 Å². The average Bonchev–Trinajstić information content (AvgIpc) is 3.23. The zero-order valence-corrected chi connectivity index (χ0v) is 25.9. The van der Waals surface area contributed by atoms with Crippen molar-refractivity contribution in [2.75, 3.05) is 6.61 Å². The third kappa shape index (κ3) is 6.51. The fourth-order valence-electron chi connectivity index (χ4n) is 9.50. The molecule has 39 heavy (non-hydrogen) atoms. The Morgan fingerprint density at radius 3 is 2.51 bits per heavy atom. The molecule has 0 aromatic rings. The van der Waals surface area contributed by atoms with Gasteiger partial charge < -0.3 is 9.47 Å². The third-order valence-corrected chi connectivity index (χ3v) is 11.7. The van der Waals surface area contributed by atoms with E-state index in [9.17, 15) is 9.59 Å². The van der Waals surface area contributed by atoms with E-state index in [1.807, 2.05) is 0 Å². The first-order chi connectivity index (χ1) is 18.5. The molecule has 4 aliphatic rings. The highest BCUT2D eigenvalue weighted by Gasteiger charge is 2.59. The molecule has 0 radical (unpaired) electrons. The van der Waals surface area contributed by atoms with Crippen LogP contribution in [0, 0.1) is 46.3 Å². The molecule has 3 saturated carbocycles. The smallest absolute Gasteiger partial charge is 0.333 e. The highest BCUT2D eigenvalue weighted by molar-refractivity contribution is 5.86. The standard InChI is InChI=1S/C35H56O4/c1-23(2)10-8-11-25(5)29-15-16-30-28-14-13-26-22-27(39-32(36)12-9-21-38-33(37)24(3)4)17-19-34(26,6)31(28)18-20-35(29,30)7/h13,23,25,27-31H,3,8-12,14-22H2,1-2,4-7H3/t25-,27?,28+,29-,30+,31+,34+,35-/m1/s1. The van der Waals surface area contributed by atoms with Gasteiger partial charge in [-0.25, -0.2) is 4.79 Å². The Morgan fingerprint density at radius 2 is 1.79 bits per heavy atom. The van der Waals surface area contributed by atoms with Gasteiger partial charge in [0.05, 0.1) is 6.61 Å². The molecule has 1 unspecified atom stereocenters. The van der Waals surface area contributed by atoms with Crippen LogP contribution in [-0.4, -0.2) is 24.6 Å². The van der Waals surface area contributed by atoms with Crippen LogP contribution in [-0.2, 0) is 19.1 Å². The molecule has 220 valence electrons. The number of fused-ring (bicyclic) bond motifs is 5. The molecule has 0 saturated heterocycles. The number of hydrogen-bond acceptors (Lipinski definition) is 4. The minimum absolute atomic E-state index is 0.0113. The monoisotopic (exact) mass is 540 g/mol. The quantitative estimate of drug-likeness (QED) is 0.114. The summed E-state index contributed by atoms with van der Waals surface area (Å²) in [5, 5.41) is 0. The number of hydrogen-bond donors (Lipinski definition) is 0. The fraction of sp³-hybridized carbons (Fsp3) is 0.829. The molecular weight excluding hydrogens is 484 g/mol. The van der Waals surface area contributed by atoms with Crippen LogP contribution in [0.4, 0.5) is 0 Å². The first kappa shape index (κ1) is 30.4.